The van der Waals surface area contributed by atoms with Crippen LogP contribution in [0.4, 0.5) is 18.0 Å². The van der Waals surface area contributed by atoms with Gasteiger partial charge in [-0.3, -0.25) is 9.89 Å². The van der Waals surface area contributed by atoms with Crippen LogP contribution in [0.15, 0.2) is 29.2 Å². The fraction of sp³-hybridized carbons (Fsp3) is 0.600. The van der Waals surface area contributed by atoms with E-state index in [9.17, 15) is 18.0 Å². The summed E-state index contributed by atoms with van der Waals surface area (Å²) in [5.41, 5.74) is -0.594. The van der Waals surface area contributed by atoms with Gasteiger partial charge in [0.05, 0.1) is 18.8 Å². The molecule has 0 aromatic carbocycles. The molecule has 0 bridgehead atoms. The van der Waals surface area contributed by atoms with Crippen molar-refractivity contribution < 1.29 is 22.7 Å². The third-order valence-electron chi connectivity index (χ3n) is 2.82. The van der Waals surface area contributed by atoms with Crippen LogP contribution >= 0.6 is 0 Å². The highest BCUT2D eigenvalue weighted by molar-refractivity contribution is 5.82. The molecule has 0 spiro atoms. The van der Waals surface area contributed by atoms with Gasteiger partial charge in [0.15, 0.2) is 0 Å². The molecule has 1 saturated heterocycles. The summed E-state index contributed by atoms with van der Waals surface area (Å²) in [5.74, 6) is -3.55. The normalized spacial score (nSPS) is 22.2. The number of carbonyl (C=O) groups is 1. The molecule has 1 rings (SSSR count). The van der Waals surface area contributed by atoms with Gasteiger partial charge in [-0.15, -0.1) is 0 Å². The van der Waals surface area contributed by atoms with Crippen molar-refractivity contribution in [1.29, 1.82) is 0 Å². The first-order chi connectivity index (χ1) is 9.91. The lowest BCUT2D eigenvalue weighted by molar-refractivity contribution is -0.00219. The molecule has 1 fully saturated rings. The predicted octanol–water partition coefficient (Wildman–Crippen LogP) is 4.09. The van der Waals surface area contributed by atoms with Gasteiger partial charge in [0, 0.05) is 12.6 Å². The Labute approximate surface area is 128 Å². The number of hydrogen-bond acceptors (Lipinski definition) is 3. The Morgan fingerprint density at radius 1 is 1.45 bits per heavy atom. The van der Waals surface area contributed by atoms with E-state index >= 15 is 0 Å². The molecular formula is C15H21F3N2O2. The minimum absolute atomic E-state index is 0.195. The van der Waals surface area contributed by atoms with E-state index in [-0.39, 0.29) is 5.57 Å². The van der Waals surface area contributed by atoms with Gasteiger partial charge in [-0.2, -0.15) is 0 Å². The Kier molecular flexibility index (Phi) is 5.43. The number of halogens is 3. The molecule has 1 atom stereocenters. The number of carbonyl (C=O) groups excluding carboxylic acids is 1. The Balaban J connectivity index is 2.90. The van der Waals surface area contributed by atoms with Crippen LogP contribution in [0.1, 0.15) is 34.1 Å². The van der Waals surface area contributed by atoms with E-state index in [4.69, 9.17) is 4.74 Å². The molecule has 7 heteroatoms. The molecule has 0 aromatic rings. The first-order valence-electron chi connectivity index (χ1n) is 6.83. The number of hydrogen-bond donors (Lipinski definition) is 0. The second kappa shape index (κ2) is 6.54. The lowest BCUT2D eigenvalue weighted by atomic mass is 10.1. The fourth-order valence-electron chi connectivity index (χ4n) is 1.98. The quantitative estimate of drug-likeness (QED) is 0.736. The van der Waals surface area contributed by atoms with Crippen molar-refractivity contribution in [2.75, 3.05) is 6.54 Å². The van der Waals surface area contributed by atoms with Crippen LogP contribution in [0.25, 0.3) is 0 Å². The number of allylic oxidation sites excluding steroid dienone is 1. The van der Waals surface area contributed by atoms with E-state index in [0.717, 1.165) is 11.1 Å². The molecule has 0 N–H and O–H groups in total. The third kappa shape index (κ3) is 5.54. The second-order valence-electron chi connectivity index (χ2n) is 6.25. The molecule has 0 aliphatic carbocycles. The lowest BCUT2D eigenvalue weighted by Gasteiger charge is -2.28. The molecule has 1 amide bonds. The van der Waals surface area contributed by atoms with Gasteiger partial charge in [0.1, 0.15) is 11.4 Å². The topological polar surface area (TPSA) is 41.9 Å². The molecule has 4 nitrogen and oxygen atoms in total. The number of rotatable bonds is 3. The molecule has 0 unspecified atom stereocenters. The van der Waals surface area contributed by atoms with Crippen LogP contribution < -0.4 is 0 Å². The van der Waals surface area contributed by atoms with Gasteiger partial charge in [0.2, 0.25) is 0 Å². The maximum atomic E-state index is 13.6. The van der Waals surface area contributed by atoms with Gasteiger partial charge < -0.3 is 4.74 Å². The van der Waals surface area contributed by atoms with E-state index in [0.29, 0.717) is 0 Å². The monoisotopic (exact) mass is 318 g/mol. The smallest absolute Gasteiger partial charge is 0.411 e. The Morgan fingerprint density at radius 2 is 2.05 bits per heavy atom. The maximum Gasteiger partial charge on any atom is 0.411 e. The Bertz CT molecular complexity index is 503. The van der Waals surface area contributed by atoms with Crippen molar-refractivity contribution >= 4 is 12.3 Å². The van der Waals surface area contributed by atoms with Crippen LogP contribution in [-0.4, -0.2) is 41.3 Å². The van der Waals surface area contributed by atoms with Crippen molar-refractivity contribution in [2.24, 2.45) is 4.99 Å². The summed E-state index contributed by atoms with van der Waals surface area (Å²) < 4.78 is 45.0. The summed E-state index contributed by atoms with van der Waals surface area (Å²) in [6, 6.07) is -0.929. The molecule has 1 aliphatic heterocycles. The first-order valence-corrected chi connectivity index (χ1v) is 6.83. The van der Waals surface area contributed by atoms with Crippen molar-refractivity contribution in [2.45, 2.75) is 51.7 Å². The minimum Gasteiger partial charge on any atom is -0.444 e. The number of amides is 1. The largest absolute Gasteiger partial charge is 0.444 e. The highest BCUT2D eigenvalue weighted by atomic mass is 19.3. The van der Waals surface area contributed by atoms with E-state index in [1.165, 1.54) is 13.1 Å². The predicted molar refractivity (Wildman–Crippen MR) is 78.8 cm³/mol. The average Bonchev–Trinajstić information content (AvgIpc) is 2.62. The van der Waals surface area contributed by atoms with Crippen molar-refractivity contribution in [3.8, 4) is 0 Å². The number of likely N-dealkylation sites (tertiary alicyclic amines) is 1. The Morgan fingerprint density at radius 3 is 2.55 bits per heavy atom. The molecule has 0 aromatic heterocycles. The number of aliphatic imine (C=N–C) groups is 1. The van der Waals surface area contributed by atoms with Crippen molar-refractivity contribution in [3.63, 3.8) is 0 Å². The summed E-state index contributed by atoms with van der Waals surface area (Å²) in [6.07, 6.45) is 0.722. The zero-order chi connectivity index (χ0) is 17.1. The zero-order valence-electron chi connectivity index (χ0n) is 13.2. The molecule has 0 radical (unpaired) electrons. The SMILES string of the molecule is C=C(C=N/C=C(\C)F)[C@H]1CC(F)(F)CN1C(=O)OC(C)(C)C. The van der Waals surface area contributed by atoms with Gasteiger partial charge in [-0.25, -0.2) is 18.0 Å². The summed E-state index contributed by atoms with van der Waals surface area (Å²) >= 11 is 0. The lowest BCUT2D eigenvalue weighted by Crippen LogP contribution is -2.41. The summed E-state index contributed by atoms with van der Waals surface area (Å²) in [4.78, 5) is 16.6. The molecule has 124 valence electrons. The van der Waals surface area contributed by atoms with E-state index in [1.807, 2.05) is 0 Å². The van der Waals surface area contributed by atoms with E-state index in [1.54, 1.807) is 20.8 Å². The number of nitrogens with zero attached hydrogens (tertiary/aromatic N) is 2. The van der Waals surface area contributed by atoms with Crippen LogP contribution in [0.5, 0.6) is 0 Å². The summed E-state index contributed by atoms with van der Waals surface area (Å²) in [6.45, 7) is 9.07. The van der Waals surface area contributed by atoms with Crippen LogP contribution in [0.2, 0.25) is 0 Å². The highest BCUT2D eigenvalue weighted by Crippen LogP contribution is 2.35. The first kappa shape index (κ1) is 18.3. The number of alkyl halides is 2. The van der Waals surface area contributed by atoms with E-state index < -0.39 is 42.5 Å². The summed E-state index contributed by atoms with van der Waals surface area (Å²) in [5, 5.41) is 0. The number of ether oxygens (including phenoxy) is 1. The molecule has 22 heavy (non-hydrogen) atoms. The third-order valence-corrected chi connectivity index (χ3v) is 2.82. The molecule has 0 saturated carbocycles. The molecule has 1 heterocycles. The minimum atomic E-state index is -3.02. The Hall–Kier alpha value is -1.79. The second-order valence-corrected chi connectivity index (χ2v) is 6.25. The molecule has 1 aliphatic rings. The fourth-order valence-corrected chi connectivity index (χ4v) is 1.98. The van der Waals surface area contributed by atoms with Crippen LogP contribution in [0.3, 0.4) is 0 Å². The van der Waals surface area contributed by atoms with Crippen molar-refractivity contribution in [3.05, 3.63) is 24.2 Å². The van der Waals surface area contributed by atoms with Gasteiger partial charge >= 0.3 is 6.09 Å². The van der Waals surface area contributed by atoms with Gasteiger partial charge in [0.25, 0.3) is 5.92 Å². The standard InChI is InChI=1S/C15H21F3N2O2/c1-10(7-19-8-11(2)16)12-6-15(17,18)9-20(12)13(21)22-14(3,4)5/h7-8,12H,1,6,9H2,2-5H3/b11-8+,19-7?/t12-/m1/s1. The average molecular weight is 318 g/mol. The highest BCUT2D eigenvalue weighted by Gasteiger charge is 2.48. The molecular weight excluding hydrogens is 297 g/mol. The zero-order valence-corrected chi connectivity index (χ0v) is 13.2. The van der Waals surface area contributed by atoms with Gasteiger partial charge in [-0.1, -0.05) is 6.58 Å². The van der Waals surface area contributed by atoms with Gasteiger partial charge in [-0.05, 0) is 33.3 Å². The van der Waals surface area contributed by atoms with Crippen LogP contribution in [-0.2, 0) is 4.74 Å². The van der Waals surface area contributed by atoms with E-state index in [2.05, 4.69) is 11.6 Å². The summed E-state index contributed by atoms with van der Waals surface area (Å²) in [7, 11) is 0. The van der Waals surface area contributed by atoms with Crippen molar-refractivity contribution in [1.82, 2.24) is 4.90 Å². The maximum absolute atomic E-state index is 13.6. The van der Waals surface area contributed by atoms with Crippen LogP contribution in [0, 0.1) is 0 Å².